The number of nitrogen functional groups attached to an aromatic ring is 1. The number of carbonyl (C=O) groups excluding carboxylic acids is 1. The second kappa shape index (κ2) is 9.92. The van der Waals surface area contributed by atoms with Crippen molar-refractivity contribution in [1.29, 1.82) is 0 Å². The van der Waals surface area contributed by atoms with E-state index >= 15 is 0 Å². The molecule has 0 unspecified atom stereocenters. The van der Waals surface area contributed by atoms with Crippen LogP contribution in [0.15, 0.2) is 84.0 Å². The highest BCUT2D eigenvalue weighted by Crippen LogP contribution is 2.13. The number of ether oxygens (including phenoxy) is 1. The number of nitrogens with one attached hydrogen (secondary N) is 1. The van der Waals surface area contributed by atoms with Gasteiger partial charge in [-0.2, -0.15) is 5.10 Å². The van der Waals surface area contributed by atoms with Gasteiger partial charge in [0.15, 0.2) is 0 Å². The zero-order valence-electron chi connectivity index (χ0n) is 15.5. The summed E-state index contributed by atoms with van der Waals surface area (Å²) in [5, 5.41) is 3.98. The number of amides is 1. The Bertz CT molecular complexity index is 922. The number of aryl methyl sites for hydroxylation is 1. The van der Waals surface area contributed by atoms with Crippen LogP contribution >= 0.6 is 0 Å². The first-order valence-electron chi connectivity index (χ1n) is 9.17. The number of anilines is 1. The third-order valence-electron chi connectivity index (χ3n) is 4.19. The Hall–Kier alpha value is -3.60. The number of nitrogens with two attached hydrogens (primary N) is 1. The molecule has 142 valence electrons. The molecule has 0 radical (unpaired) electrons. The van der Waals surface area contributed by atoms with Crippen molar-refractivity contribution in [2.75, 3.05) is 12.3 Å². The van der Waals surface area contributed by atoms with Gasteiger partial charge in [-0.05, 0) is 60.4 Å². The Morgan fingerprint density at radius 3 is 2.43 bits per heavy atom. The van der Waals surface area contributed by atoms with Gasteiger partial charge in [0, 0.05) is 5.69 Å². The number of para-hydroxylation sites is 1. The van der Waals surface area contributed by atoms with Crippen molar-refractivity contribution < 1.29 is 9.53 Å². The summed E-state index contributed by atoms with van der Waals surface area (Å²) < 4.78 is 5.77. The number of hydrazone groups is 1. The number of carbonyl (C=O) groups is 1. The molecule has 0 aromatic heterocycles. The summed E-state index contributed by atoms with van der Waals surface area (Å²) in [4.78, 5) is 12.0. The average Bonchev–Trinajstić information content (AvgIpc) is 2.73. The first-order valence-corrected chi connectivity index (χ1v) is 9.17. The third-order valence-corrected chi connectivity index (χ3v) is 4.19. The SMILES string of the molecule is Nc1ccccc1C(=O)N/N=C\c1ccc(OCCCc2ccccc2)cc1. The van der Waals surface area contributed by atoms with Gasteiger partial charge in [0.1, 0.15) is 5.75 Å². The predicted molar refractivity (Wildman–Crippen MR) is 113 cm³/mol. The molecule has 3 rings (SSSR count). The summed E-state index contributed by atoms with van der Waals surface area (Å²) in [6.07, 6.45) is 3.54. The lowest BCUT2D eigenvalue weighted by molar-refractivity contribution is 0.0956. The maximum Gasteiger partial charge on any atom is 0.273 e. The molecule has 0 atom stereocenters. The van der Waals surface area contributed by atoms with Crippen LogP contribution in [-0.2, 0) is 6.42 Å². The number of hydrogen-bond donors (Lipinski definition) is 2. The van der Waals surface area contributed by atoms with Gasteiger partial charge in [-0.3, -0.25) is 4.79 Å². The van der Waals surface area contributed by atoms with Crippen molar-refractivity contribution in [3.8, 4) is 5.75 Å². The highest BCUT2D eigenvalue weighted by Gasteiger charge is 2.06. The van der Waals surface area contributed by atoms with Crippen molar-refractivity contribution in [2.24, 2.45) is 5.10 Å². The van der Waals surface area contributed by atoms with Crippen LogP contribution in [-0.4, -0.2) is 18.7 Å². The molecule has 0 bridgehead atoms. The molecule has 1 amide bonds. The second-order valence-electron chi connectivity index (χ2n) is 6.29. The van der Waals surface area contributed by atoms with Gasteiger partial charge >= 0.3 is 0 Å². The molecule has 28 heavy (non-hydrogen) atoms. The van der Waals surface area contributed by atoms with E-state index in [0.29, 0.717) is 17.9 Å². The Morgan fingerprint density at radius 1 is 0.964 bits per heavy atom. The fraction of sp³-hybridized carbons (Fsp3) is 0.130. The summed E-state index contributed by atoms with van der Waals surface area (Å²) in [7, 11) is 0. The summed E-state index contributed by atoms with van der Waals surface area (Å²) >= 11 is 0. The molecule has 0 heterocycles. The summed E-state index contributed by atoms with van der Waals surface area (Å²) in [6.45, 7) is 0.664. The van der Waals surface area contributed by atoms with Gasteiger partial charge in [0.05, 0.1) is 18.4 Å². The molecule has 5 heteroatoms. The molecule has 0 saturated carbocycles. The molecule has 0 aliphatic heterocycles. The fourth-order valence-corrected chi connectivity index (χ4v) is 2.69. The van der Waals surface area contributed by atoms with E-state index in [0.717, 1.165) is 24.2 Å². The highest BCUT2D eigenvalue weighted by atomic mass is 16.5. The molecule has 0 fully saturated rings. The minimum Gasteiger partial charge on any atom is -0.494 e. The van der Waals surface area contributed by atoms with Crippen molar-refractivity contribution >= 4 is 17.8 Å². The van der Waals surface area contributed by atoms with Crippen molar-refractivity contribution in [1.82, 2.24) is 5.43 Å². The molecular formula is C23H23N3O2. The quantitative estimate of drug-likeness (QED) is 0.271. The number of benzene rings is 3. The van der Waals surface area contributed by atoms with E-state index in [9.17, 15) is 4.79 Å². The van der Waals surface area contributed by atoms with E-state index in [1.165, 1.54) is 5.56 Å². The number of rotatable bonds is 8. The maximum absolute atomic E-state index is 12.0. The number of hydrogen-bond acceptors (Lipinski definition) is 4. The van der Waals surface area contributed by atoms with E-state index in [1.807, 2.05) is 42.5 Å². The van der Waals surface area contributed by atoms with Crippen molar-refractivity contribution in [2.45, 2.75) is 12.8 Å². The van der Waals surface area contributed by atoms with Crippen LogP contribution in [0.3, 0.4) is 0 Å². The summed E-state index contributed by atoms with van der Waals surface area (Å²) in [6, 6.07) is 24.8. The second-order valence-corrected chi connectivity index (χ2v) is 6.29. The minimum absolute atomic E-state index is 0.340. The van der Waals surface area contributed by atoms with Crippen LogP contribution in [0.5, 0.6) is 5.75 Å². The van der Waals surface area contributed by atoms with Gasteiger partial charge < -0.3 is 10.5 Å². The van der Waals surface area contributed by atoms with Crippen LogP contribution in [0.2, 0.25) is 0 Å². The lowest BCUT2D eigenvalue weighted by Gasteiger charge is -2.06. The van der Waals surface area contributed by atoms with E-state index < -0.39 is 0 Å². The Kier molecular flexibility index (Phi) is 6.79. The third kappa shape index (κ3) is 5.71. The van der Waals surface area contributed by atoms with E-state index in [2.05, 4.69) is 22.7 Å². The highest BCUT2D eigenvalue weighted by molar-refractivity contribution is 5.99. The van der Waals surface area contributed by atoms with Crippen LogP contribution in [0, 0.1) is 0 Å². The molecule has 3 aromatic carbocycles. The van der Waals surface area contributed by atoms with Gasteiger partial charge in [0.2, 0.25) is 0 Å². The molecule has 0 aliphatic carbocycles. The van der Waals surface area contributed by atoms with Gasteiger partial charge in [0.25, 0.3) is 5.91 Å². The smallest absolute Gasteiger partial charge is 0.273 e. The van der Waals surface area contributed by atoms with E-state index in [-0.39, 0.29) is 5.91 Å². The molecule has 5 nitrogen and oxygen atoms in total. The first kappa shape index (κ1) is 19.2. The standard InChI is InChI=1S/C23H23N3O2/c24-22-11-5-4-10-21(22)23(27)26-25-17-19-12-14-20(15-13-19)28-16-6-9-18-7-2-1-3-8-18/h1-5,7-8,10-15,17H,6,9,16,24H2,(H,26,27)/b25-17-. The lowest BCUT2D eigenvalue weighted by Crippen LogP contribution is -2.18. The van der Waals surface area contributed by atoms with Gasteiger partial charge in [-0.15, -0.1) is 0 Å². The summed E-state index contributed by atoms with van der Waals surface area (Å²) in [5.41, 5.74) is 11.3. The predicted octanol–water partition coefficient (Wildman–Crippen LogP) is 4.04. The van der Waals surface area contributed by atoms with Crippen LogP contribution < -0.4 is 15.9 Å². The van der Waals surface area contributed by atoms with Gasteiger partial charge in [-0.1, -0.05) is 42.5 Å². The van der Waals surface area contributed by atoms with Gasteiger partial charge in [-0.25, -0.2) is 5.43 Å². The zero-order valence-corrected chi connectivity index (χ0v) is 15.5. The Morgan fingerprint density at radius 2 is 1.68 bits per heavy atom. The topological polar surface area (TPSA) is 76.7 Å². The summed E-state index contributed by atoms with van der Waals surface area (Å²) in [5.74, 6) is 0.471. The first-order chi connectivity index (χ1) is 13.7. The number of nitrogens with zero attached hydrogens (tertiary/aromatic N) is 1. The lowest BCUT2D eigenvalue weighted by atomic mass is 10.1. The van der Waals surface area contributed by atoms with E-state index in [4.69, 9.17) is 10.5 Å². The maximum atomic E-state index is 12.0. The van der Waals surface area contributed by atoms with Crippen LogP contribution in [0.25, 0.3) is 0 Å². The fourth-order valence-electron chi connectivity index (χ4n) is 2.69. The molecule has 0 saturated heterocycles. The average molecular weight is 373 g/mol. The molecule has 3 aromatic rings. The van der Waals surface area contributed by atoms with Crippen molar-refractivity contribution in [3.63, 3.8) is 0 Å². The molecular weight excluding hydrogens is 350 g/mol. The van der Waals surface area contributed by atoms with Crippen molar-refractivity contribution in [3.05, 3.63) is 95.6 Å². The normalized spacial score (nSPS) is 10.7. The monoisotopic (exact) mass is 373 g/mol. The molecule has 3 N–H and O–H groups in total. The minimum atomic E-state index is -0.340. The molecule has 0 spiro atoms. The van der Waals surface area contributed by atoms with Crippen LogP contribution in [0.1, 0.15) is 27.9 Å². The zero-order chi connectivity index (χ0) is 19.6. The largest absolute Gasteiger partial charge is 0.494 e. The van der Waals surface area contributed by atoms with E-state index in [1.54, 1.807) is 30.5 Å². The Labute approximate surface area is 164 Å². The van der Waals surface area contributed by atoms with Crippen LogP contribution in [0.4, 0.5) is 5.69 Å². The Balaban J connectivity index is 1.43. The molecule has 0 aliphatic rings.